The predicted molar refractivity (Wildman–Crippen MR) is 7.91 cm³/mol. The van der Waals surface area contributed by atoms with Crippen molar-refractivity contribution in [3.63, 3.8) is 0 Å². The summed E-state index contributed by atoms with van der Waals surface area (Å²) in [5.41, 5.74) is 0. The van der Waals surface area contributed by atoms with Gasteiger partial charge in [-0.1, -0.05) is 0 Å². The van der Waals surface area contributed by atoms with Gasteiger partial charge in [-0.15, -0.1) is 0 Å². The topological polar surface area (TPSA) is 80.1 Å². The standard InChI is InChI=1S/Co.Cu.Fe.Mn.Ni.2H2O.O.Ti/h;;;;;2*1H2;;. The van der Waals surface area contributed by atoms with Crippen molar-refractivity contribution in [2.75, 3.05) is 0 Å². The summed E-state index contributed by atoms with van der Waals surface area (Å²) in [4.78, 5) is 0. The summed E-state index contributed by atoms with van der Waals surface area (Å²) in [6.07, 6.45) is 0. The Labute approximate surface area is 118 Å². The van der Waals surface area contributed by atoms with E-state index in [2.05, 4.69) is 0 Å². The van der Waals surface area contributed by atoms with Crippen molar-refractivity contribution in [2.24, 2.45) is 0 Å². The molecular weight excluding hydrogens is 388 g/mol. The van der Waals surface area contributed by atoms with E-state index in [1.54, 1.807) is 0 Å². The second-order valence-electron chi connectivity index (χ2n) is 0. The van der Waals surface area contributed by atoms with E-state index in [-0.39, 0.29) is 95.4 Å². The van der Waals surface area contributed by atoms with Crippen molar-refractivity contribution in [1.82, 2.24) is 0 Å². The van der Waals surface area contributed by atoms with Crippen molar-refractivity contribution < 1.29 is 119 Å². The molecule has 71 valence electrons. The molecule has 0 amide bonds. The van der Waals surface area contributed by atoms with Crippen LogP contribution in [0.15, 0.2) is 0 Å². The first-order valence-corrected chi connectivity index (χ1v) is 0.842. The van der Waals surface area contributed by atoms with Crippen molar-refractivity contribution in [2.45, 2.75) is 0 Å². The van der Waals surface area contributed by atoms with Crippen LogP contribution in [0.2, 0.25) is 0 Å². The fourth-order valence-corrected chi connectivity index (χ4v) is 0. The van der Waals surface area contributed by atoms with Crippen LogP contribution >= 0.6 is 0 Å². The molecule has 3 nitrogen and oxygen atoms in total. The van der Waals surface area contributed by atoms with Gasteiger partial charge in [-0.3, -0.25) is 0 Å². The molecular formula is H4CoCuFeMnNiO3Ti. The average Bonchev–Trinajstić information content (AvgIpc) is 1.00. The summed E-state index contributed by atoms with van der Waals surface area (Å²) in [6.45, 7) is 0. The van der Waals surface area contributed by atoms with Crippen LogP contribution in [0.5, 0.6) is 0 Å². The van der Waals surface area contributed by atoms with Gasteiger partial charge >= 0.3 is 23.7 Å². The van der Waals surface area contributed by atoms with E-state index in [0.29, 0.717) is 0 Å². The zero-order valence-electron chi connectivity index (χ0n) is 3.59. The molecule has 0 spiro atoms. The summed E-state index contributed by atoms with van der Waals surface area (Å²) in [6, 6.07) is 0. The Bertz CT molecular complexity index is 23.8. The molecule has 4 N–H and O–H groups in total. The molecule has 0 aliphatic heterocycles. The van der Waals surface area contributed by atoms with Crippen LogP contribution < -0.4 is 0 Å². The van der Waals surface area contributed by atoms with Gasteiger partial charge in [0.1, 0.15) is 0 Å². The Kier molecular flexibility index (Phi) is 1240. The van der Waals surface area contributed by atoms with E-state index in [1.807, 2.05) is 0 Å². The van der Waals surface area contributed by atoms with E-state index < -0.39 is 0 Å². The molecule has 0 saturated carbocycles. The van der Waals surface area contributed by atoms with Crippen LogP contribution in [0.3, 0.4) is 0 Å². The third kappa shape index (κ3) is 99.3. The van der Waals surface area contributed by atoms with Gasteiger partial charge in [-0.2, -0.15) is 0 Å². The molecule has 3 radical (unpaired) electrons. The Morgan fingerprint density at radius 1 is 1.00 bits per heavy atom. The van der Waals surface area contributed by atoms with Crippen molar-refractivity contribution in [3.05, 3.63) is 0 Å². The quantitative estimate of drug-likeness (QED) is 0.449. The molecule has 9 heavy (non-hydrogen) atoms. The van der Waals surface area contributed by atoms with Crippen molar-refractivity contribution in [1.29, 1.82) is 0 Å². The zero-order valence-corrected chi connectivity index (χ0v) is 10.4. The number of hydrogen-bond acceptors (Lipinski definition) is 1. The predicted octanol–water partition coefficient (Wildman–Crippen LogP) is -1.78. The van der Waals surface area contributed by atoms with Crippen LogP contribution in [0, 0.1) is 0 Å². The van der Waals surface area contributed by atoms with E-state index in [1.165, 1.54) is 0 Å². The van der Waals surface area contributed by atoms with Gasteiger partial charge in [-0.05, 0) is 0 Å². The van der Waals surface area contributed by atoms with Gasteiger partial charge in [-0.25, -0.2) is 0 Å². The van der Waals surface area contributed by atoms with Gasteiger partial charge in [0.2, 0.25) is 0 Å². The van der Waals surface area contributed by atoms with Crippen LogP contribution in [0.25, 0.3) is 0 Å². The molecule has 0 aromatic rings. The van der Waals surface area contributed by atoms with E-state index >= 15 is 0 Å². The van der Waals surface area contributed by atoms with Crippen molar-refractivity contribution in [3.8, 4) is 0 Å². The van der Waals surface area contributed by atoms with Crippen molar-refractivity contribution >= 4 is 0 Å². The Balaban J connectivity index is -0.000000000238. The SMILES string of the molecule is O.O.[Co].[Cu].[Fe].[Mn].[Ni].[O]=[Ti]. The Morgan fingerprint density at radius 3 is 1.00 bits per heavy atom. The minimum absolute atomic E-state index is 0. The van der Waals surface area contributed by atoms with Gasteiger partial charge in [0.15, 0.2) is 0 Å². The van der Waals surface area contributed by atoms with Gasteiger partial charge in [0.05, 0.1) is 0 Å². The summed E-state index contributed by atoms with van der Waals surface area (Å²) in [5, 5.41) is 0. The molecule has 9 heteroatoms. The summed E-state index contributed by atoms with van der Waals surface area (Å²) < 4.78 is 8.25. The molecule has 0 aliphatic rings. The number of rotatable bonds is 0. The maximum absolute atomic E-state index is 8.25. The second kappa shape index (κ2) is 123. The molecule has 0 atom stereocenters. The Hall–Kier alpha value is 2.99. The molecule has 0 aromatic carbocycles. The number of hydrogen-bond donors (Lipinski definition) is 0. The van der Waals surface area contributed by atoms with Crippen LogP contribution in [-0.2, 0) is 108 Å². The summed E-state index contributed by atoms with van der Waals surface area (Å²) in [5.74, 6) is 0. The van der Waals surface area contributed by atoms with Gasteiger partial charge in [0, 0.05) is 84.5 Å². The molecule has 0 unspecified atom stereocenters. The monoisotopic (exact) mass is 391 g/mol. The third-order valence-electron chi connectivity index (χ3n) is 0. The molecule has 0 aromatic heterocycles. The molecule has 0 saturated heterocycles. The fourth-order valence-electron chi connectivity index (χ4n) is 0. The summed E-state index contributed by atoms with van der Waals surface area (Å²) in [7, 11) is 0. The normalized spacial score (nSPS) is 0.333. The first-order chi connectivity index (χ1) is 1.00. The van der Waals surface area contributed by atoms with Crippen LogP contribution in [-0.4, -0.2) is 11.0 Å². The Morgan fingerprint density at radius 2 is 1.00 bits per heavy atom. The van der Waals surface area contributed by atoms with Gasteiger partial charge < -0.3 is 11.0 Å². The average molecular weight is 392 g/mol. The van der Waals surface area contributed by atoms with E-state index in [9.17, 15) is 0 Å². The van der Waals surface area contributed by atoms with E-state index in [0.717, 1.165) is 20.4 Å². The molecule has 0 rings (SSSR count). The van der Waals surface area contributed by atoms with Crippen LogP contribution in [0.1, 0.15) is 0 Å². The van der Waals surface area contributed by atoms with Gasteiger partial charge in [0.25, 0.3) is 0 Å². The minimum atomic E-state index is 0. The molecule has 0 fully saturated rings. The van der Waals surface area contributed by atoms with E-state index in [4.69, 9.17) is 3.32 Å². The maximum atomic E-state index is 8.25. The first-order valence-electron chi connectivity index (χ1n) is 0.204. The first kappa shape index (κ1) is 90.9. The molecule has 0 heterocycles. The zero-order chi connectivity index (χ0) is 2.00. The molecule has 0 bridgehead atoms. The molecule has 0 aliphatic carbocycles. The third-order valence-corrected chi connectivity index (χ3v) is 0. The summed E-state index contributed by atoms with van der Waals surface area (Å²) >= 11 is 0.750. The second-order valence-corrected chi connectivity index (χ2v) is 0. The van der Waals surface area contributed by atoms with Crippen LogP contribution in [0.4, 0.5) is 0 Å². The fraction of sp³-hybridized carbons (Fsp3) is 0.